The van der Waals surface area contributed by atoms with Gasteiger partial charge in [0.25, 0.3) is 0 Å². The lowest BCUT2D eigenvalue weighted by molar-refractivity contribution is 0.350. The number of anilines is 2. The van der Waals surface area contributed by atoms with Crippen LogP contribution in [0.3, 0.4) is 0 Å². The maximum Gasteiger partial charge on any atom is 0.0435 e. The predicted molar refractivity (Wildman–Crippen MR) is 133 cm³/mol. The minimum absolute atomic E-state index is 0.0533. The van der Waals surface area contributed by atoms with Crippen LogP contribution >= 0.6 is 0 Å². The molecule has 0 bridgehead atoms. The van der Waals surface area contributed by atoms with Crippen LogP contribution in [-0.2, 0) is 5.41 Å². The lowest BCUT2D eigenvalue weighted by atomic mass is 9.69. The Kier molecular flexibility index (Phi) is 5.22. The smallest absolute Gasteiger partial charge is 0.0435 e. The lowest BCUT2D eigenvalue weighted by Gasteiger charge is -2.35. The molecule has 0 heterocycles. The van der Waals surface area contributed by atoms with Gasteiger partial charge in [0, 0.05) is 16.8 Å². The molecule has 0 radical (unpaired) electrons. The van der Waals surface area contributed by atoms with E-state index in [4.69, 9.17) is 0 Å². The van der Waals surface area contributed by atoms with E-state index in [2.05, 4.69) is 105 Å². The Hall–Kier alpha value is -2.80. The summed E-state index contributed by atoms with van der Waals surface area (Å²) in [5.41, 5.74) is 9.34. The fourth-order valence-corrected chi connectivity index (χ4v) is 5.77. The van der Waals surface area contributed by atoms with Crippen LogP contribution in [0.25, 0.3) is 11.1 Å². The van der Waals surface area contributed by atoms with Crippen molar-refractivity contribution < 1.29 is 0 Å². The van der Waals surface area contributed by atoms with Crippen LogP contribution in [0.5, 0.6) is 0 Å². The Morgan fingerprint density at radius 1 is 0.935 bits per heavy atom. The largest absolute Gasteiger partial charge is 0.355 e. The normalized spacial score (nSPS) is 25.4. The molecule has 5 rings (SSSR count). The van der Waals surface area contributed by atoms with Crippen LogP contribution in [0.1, 0.15) is 56.2 Å². The van der Waals surface area contributed by atoms with Crippen molar-refractivity contribution in [2.45, 2.75) is 51.9 Å². The average Bonchev–Trinajstić information content (AvgIpc) is 3.07. The summed E-state index contributed by atoms with van der Waals surface area (Å²) in [6.45, 7) is 6.88. The molecule has 2 aliphatic rings. The molecule has 2 aliphatic carbocycles. The monoisotopic (exact) mass is 407 g/mol. The summed E-state index contributed by atoms with van der Waals surface area (Å²) in [7, 11) is 0. The third kappa shape index (κ3) is 3.51. The number of rotatable bonds is 3. The summed E-state index contributed by atoms with van der Waals surface area (Å²) in [6.07, 6.45) is 10.1. The quantitative estimate of drug-likeness (QED) is 0.430. The molecule has 0 saturated heterocycles. The zero-order valence-electron chi connectivity index (χ0n) is 19.0. The predicted octanol–water partition coefficient (Wildman–Crippen LogP) is 8.41. The van der Waals surface area contributed by atoms with E-state index in [1.807, 2.05) is 0 Å². The van der Waals surface area contributed by atoms with E-state index in [0.717, 1.165) is 11.6 Å². The van der Waals surface area contributed by atoms with Gasteiger partial charge in [0.2, 0.25) is 0 Å². The maximum atomic E-state index is 3.78. The van der Waals surface area contributed by atoms with Crippen molar-refractivity contribution in [3.05, 3.63) is 95.6 Å². The van der Waals surface area contributed by atoms with Crippen LogP contribution in [-0.4, -0.2) is 0 Å². The van der Waals surface area contributed by atoms with Gasteiger partial charge in [-0.3, -0.25) is 0 Å². The molecule has 31 heavy (non-hydrogen) atoms. The second-order valence-corrected chi connectivity index (χ2v) is 9.62. The van der Waals surface area contributed by atoms with E-state index in [0.29, 0.717) is 5.92 Å². The van der Waals surface area contributed by atoms with Gasteiger partial charge in [-0.05, 0) is 78.5 Å². The van der Waals surface area contributed by atoms with E-state index >= 15 is 0 Å². The minimum atomic E-state index is -0.0533. The molecule has 0 aliphatic heterocycles. The van der Waals surface area contributed by atoms with Crippen molar-refractivity contribution in [2.75, 3.05) is 5.32 Å². The molecule has 0 saturated carbocycles. The lowest BCUT2D eigenvalue weighted by Crippen LogP contribution is -2.27. The molecule has 1 N–H and O–H groups in total. The Balaban J connectivity index is 1.69. The van der Waals surface area contributed by atoms with Gasteiger partial charge >= 0.3 is 0 Å². The SMILES string of the molecule is CCC1CCC2(/C=C/C(C)C1)c1ccccc1-c1cccc(Nc3ccc(C)cc3)c12. The first-order valence-electron chi connectivity index (χ1n) is 11.9. The fourth-order valence-electron chi connectivity index (χ4n) is 5.77. The van der Waals surface area contributed by atoms with Crippen molar-refractivity contribution in [3.8, 4) is 11.1 Å². The second-order valence-electron chi connectivity index (χ2n) is 9.62. The first kappa shape index (κ1) is 20.1. The average molecular weight is 408 g/mol. The third-order valence-corrected chi connectivity index (χ3v) is 7.48. The highest BCUT2D eigenvalue weighted by Gasteiger charge is 2.43. The molecule has 0 amide bonds. The zero-order valence-corrected chi connectivity index (χ0v) is 19.0. The Bertz CT molecular complexity index is 1110. The zero-order chi connectivity index (χ0) is 21.4. The molecule has 158 valence electrons. The van der Waals surface area contributed by atoms with Gasteiger partial charge in [0.15, 0.2) is 0 Å². The summed E-state index contributed by atoms with van der Waals surface area (Å²) in [5, 5.41) is 3.78. The second kappa shape index (κ2) is 8.04. The van der Waals surface area contributed by atoms with Crippen molar-refractivity contribution >= 4 is 11.4 Å². The molecule has 3 unspecified atom stereocenters. The standard InChI is InChI=1S/C30H33N/c1-4-23-17-19-30(18-16-22(3)20-23)27-10-6-5-8-25(27)26-9-7-11-28(29(26)30)31-24-14-12-21(2)13-15-24/h5-16,18,22-23,31H,4,17,19-20H2,1-3H3/b18-16+. The van der Waals surface area contributed by atoms with E-state index < -0.39 is 0 Å². The number of aryl methyl sites for hydroxylation is 1. The van der Waals surface area contributed by atoms with Crippen LogP contribution in [0.4, 0.5) is 11.4 Å². The number of hydrogen-bond donors (Lipinski definition) is 1. The van der Waals surface area contributed by atoms with E-state index in [1.165, 1.54) is 59.2 Å². The summed E-state index contributed by atoms with van der Waals surface area (Å²) in [6, 6.07) is 24.6. The molecular formula is C30H33N. The minimum Gasteiger partial charge on any atom is -0.355 e. The Morgan fingerprint density at radius 2 is 1.71 bits per heavy atom. The summed E-state index contributed by atoms with van der Waals surface area (Å²) in [4.78, 5) is 0. The van der Waals surface area contributed by atoms with Gasteiger partial charge < -0.3 is 5.32 Å². The third-order valence-electron chi connectivity index (χ3n) is 7.48. The van der Waals surface area contributed by atoms with E-state index in [1.54, 1.807) is 0 Å². The summed E-state index contributed by atoms with van der Waals surface area (Å²) >= 11 is 0. The van der Waals surface area contributed by atoms with Crippen molar-refractivity contribution in [3.63, 3.8) is 0 Å². The number of fused-ring (bicyclic) bond motifs is 5. The number of hydrogen-bond acceptors (Lipinski definition) is 1. The number of nitrogens with one attached hydrogen (secondary N) is 1. The Labute approximate surface area is 187 Å². The highest BCUT2D eigenvalue weighted by molar-refractivity contribution is 5.88. The van der Waals surface area contributed by atoms with Gasteiger partial charge in [-0.2, -0.15) is 0 Å². The van der Waals surface area contributed by atoms with Crippen LogP contribution in [0.2, 0.25) is 0 Å². The molecule has 3 aromatic carbocycles. The molecule has 1 nitrogen and oxygen atoms in total. The van der Waals surface area contributed by atoms with Gasteiger partial charge in [-0.1, -0.05) is 86.5 Å². The number of benzene rings is 3. The molecule has 0 fully saturated rings. The molecule has 0 aromatic heterocycles. The van der Waals surface area contributed by atoms with Crippen molar-refractivity contribution in [1.29, 1.82) is 0 Å². The van der Waals surface area contributed by atoms with Crippen molar-refractivity contribution in [2.24, 2.45) is 11.8 Å². The summed E-state index contributed by atoms with van der Waals surface area (Å²) in [5.74, 6) is 1.42. The van der Waals surface area contributed by atoms with Crippen molar-refractivity contribution in [1.82, 2.24) is 0 Å². The highest BCUT2D eigenvalue weighted by atomic mass is 14.9. The topological polar surface area (TPSA) is 12.0 Å². The first-order chi connectivity index (χ1) is 15.1. The Morgan fingerprint density at radius 3 is 2.52 bits per heavy atom. The van der Waals surface area contributed by atoms with Gasteiger partial charge in [0.1, 0.15) is 0 Å². The maximum absolute atomic E-state index is 3.78. The van der Waals surface area contributed by atoms with Crippen LogP contribution < -0.4 is 5.32 Å². The molecule has 1 spiro atoms. The van der Waals surface area contributed by atoms with Gasteiger partial charge in [0.05, 0.1) is 0 Å². The first-order valence-corrected chi connectivity index (χ1v) is 11.9. The van der Waals surface area contributed by atoms with Crippen LogP contribution in [0.15, 0.2) is 78.9 Å². The fraction of sp³-hybridized carbons (Fsp3) is 0.333. The molecule has 3 atom stereocenters. The number of allylic oxidation sites excluding steroid dienone is 2. The highest BCUT2D eigenvalue weighted by Crippen LogP contribution is 2.56. The van der Waals surface area contributed by atoms with Gasteiger partial charge in [-0.15, -0.1) is 0 Å². The molecular weight excluding hydrogens is 374 g/mol. The van der Waals surface area contributed by atoms with Crippen LogP contribution in [0, 0.1) is 18.8 Å². The molecule has 3 aromatic rings. The summed E-state index contributed by atoms with van der Waals surface area (Å²) < 4.78 is 0. The van der Waals surface area contributed by atoms with E-state index in [-0.39, 0.29) is 5.41 Å². The molecule has 1 heteroatoms. The van der Waals surface area contributed by atoms with E-state index in [9.17, 15) is 0 Å². The van der Waals surface area contributed by atoms with Gasteiger partial charge in [-0.25, -0.2) is 0 Å².